The molecule has 6 heteroatoms. The maximum absolute atomic E-state index is 10.9. The largest absolute Gasteiger partial charge is 0.385 e. The molecule has 0 amide bonds. The van der Waals surface area contributed by atoms with Gasteiger partial charge in [-0.05, 0) is 25.3 Å². The minimum absolute atomic E-state index is 0.0164. The van der Waals surface area contributed by atoms with E-state index in [-0.39, 0.29) is 5.92 Å². The second kappa shape index (κ2) is 6.41. The Morgan fingerprint density at radius 1 is 1.58 bits per heavy atom. The number of aromatic nitrogens is 2. The van der Waals surface area contributed by atoms with Gasteiger partial charge in [0.1, 0.15) is 22.6 Å². The molecule has 1 unspecified atom stereocenters. The molecule has 19 heavy (non-hydrogen) atoms. The number of aldehydes is 1. The first-order chi connectivity index (χ1) is 9.22. The van der Waals surface area contributed by atoms with Crippen LogP contribution in [0.25, 0.3) is 10.2 Å². The van der Waals surface area contributed by atoms with Gasteiger partial charge in [0.15, 0.2) is 0 Å². The van der Waals surface area contributed by atoms with Crippen molar-refractivity contribution in [2.45, 2.75) is 25.7 Å². The quantitative estimate of drug-likeness (QED) is 0.631. The van der Waals surface area contributed by atoms with Crippen LogP contribution in [0, 0.1) is 0 Å². The van der Waals surface area contributed by atoms with Crippen molar-refractivity contribution in [1.82, 2.24) is 9.97 Å². The number of nitrogens with zero attached hydrogens (tertiary/aromatic N) is 2. The fraction of sp³-hybridized carbons (Fsp3) is 0.462. The summed E-state index contributed by atoms with van der Waals surface area (Å²) in [4.78, 5) is 21.2. The summed E-state index contributed by atoms with van der Waals surface area (Å²) in [5.74, 6) is -0.0164. The van der Waals surface area contributed by atoms with Crippen molar-refractivity contribution >= 4 is 39.4 Å². The van der Waals surface area contributed by atoms with E-state index in [2.05, 4.69) is 14.7 Å². The van der Waals surface area contributed by atoms with E-state index in [4.69, 9.17) is 11.6 Å². The van der Waals surface area contributed by atoms with Crippen molar-refractivity contribution in [3.63, 3.8) is 0 Å². The molecule has 2 aromatic rings. The average Bonchev–Trinajstić information content (AvgIpc) is 2.97. The Morgan fingerprint density at radius 2 is 2.32 bits per heavy atom. The van der Waals surface area contributed by atoms with E-state index in [1.807, 2.05) is 6.92 Å². The lowest BCUT2D eigenvalue weighted by Gasteiger charge is -2.01. The summed E-state index contributed by atoms with van der Waals surface area (Å²) in [6.45, 7) is 2.78. The number of thiophene rings is 1. The number of rotatable bonds is 2. The van der Waals surface area contributed by atoms with E-state index >= 15 is 0 Å². The Morgan fingerprint density at radius 3 is 2.95 bits per heavy atom. The number of carbonyl (C=O) groups excluding carboxylic acids is 1. The summed E-state index contributed by atoms with van der Waals surface area (Å²) >= 11 is 7.67. The molecule has 0 saturated heterocycles. The lowest BCUT2D eigenvalue weighted by atomic mass is 10.0. The molecule has 0 aromatic carbocycles. The predicted molar refractivity (Wildman–Crippen MR) is 77.1 cm³/mol. The molecule has 0 radical (unpaired) electrons. The fourth-order valence-corrected chi connectivity index (χ4v) is 3.63. The number of carbonyl (C=O) groups is 1. The number of hydrogen-bond acceptors (Lipinski definition) is 5. The Kier molecular flexibility index (Phi) is 4.85. The first-order valence-corrected chi connectivity index (χ1v) is 7.28. The number of fused-ring (bicyclic) bond motifs is 3. The molecule has 3 rings (SSSR count). The summed E-state index contributed by atoms with van der Waals surface area (Å²) in [5, 5.41) is 1.35. The summed E-state index contributed by atoms with van der Waals surface area (Å²) in [7, 11) is 1.68. The first kappa shape index (κ1) is 14.4. The number of aryl methyl sites for hydroxylation is 1. The van der Waals surface area contributed by atoms with Crippen LogP contribution in [0.1, 0.15) is 29.7 Å². The monoisotopic (exact) mass is 298 g/mol. The Hall–Kier alpha value is -1.04. The van der Waals surface area contributed by atoms with Gasteiger partial charge in [0.2, 0.25) is 0 Å². The van der Waals surface area contributed by atoms with Crippen LogP contribution < -0.4 is 0 Å². The van der Waals surface area contributed by atoms with E-state index in [1.54, 1.807) is 18.4 Å². The smallest absolute Gasteiger partial charge is 0.141 e. The molecular formula is C13H15ClN2O2S. The average molecular weight is 299 g/mol. The zero-order valence-corrected chi connectivity index (χ0v) is 12.4. The van der Waals surface area contributed by atoms with E-state index < -0.39 is 0 Å². The van der Waals surface area contributed by atoms with E-state index in [1.165, 1.54) is 11.2 Å². The molecule has 2 heterocycles. The van der Waals surface area contributed by atoms with Crippen LogP contribution in [-0.4, -0.2) is 30.0 Å². The predicted octanol–water partition coefficient (Wildman–Crippen LogP) is 3.23. The third-order valence-electron chi connectivity index (χ3n) is 3.06. The molecule has 1 atom stereocenters. The molecule has 4 nitrogen and oxygen atoms in total. The second-order valence-electron chi connectivity index (χ2n) is 4.14. The lowest BCUT2D eigenvalue weighted by Crippen LogP contribution is -1.94. The van der Waals surface area contributed by atoms with Crippen molar-refractivity contribution in [3.8, 4) is 0 Å². The summed E-state index contributed by atoms with van der Waals surface area (Å²) in [5.41, 5.74) is 1.07. The normalized spacial score (nSPS) is 16.9. The highest BCUT2D eigenvalue weighted by Crippen LogP contribution is 2.43. The Bertz CT molecular complexity index is 583. The Balaban J connectivity index is 0.000000297. The number of ether oxygens (including phenoxy) is 1. The molecule has 1 aliphatic carbocycles. The topological polar surface area (TPSA) is 52.1 Å². The first-order valence-electron chi connectivity index (χ1n) is 6.08. The molecule has 0 saturated carbocycles. The van der Waals surface area contributed by atoms with Crippen molar-refractivity contribution in [2.24, 2.45) is 0 Å². The molecule has 0 N–H and O–H groups in total. The zero-order valence-electron chi connectivity index (χ0n) is 10.9. The van der Waals surface area contributed by atoms with Crippen LogP contribution in [0.2, 0.25) is 5.15 Å². The minimum atomic E-state index is -0.0164. The third kappa shape index (κ3) is 2.78. The van der Waals surface area contributed by atoms with Gasteiger partial charge in [0.05, 0.1) is 5.39 Å². The highest BCUT2D eigenvalue weighted by Gasteiger charge is 2.28. The van der Waals surface area contributed by atoms with Crippen LogP contribution in [0.4, 0.5) is 0 Å². The van der Waals surface area contributed by atoms with Crippen LogP contribution in [0.3, 0.4) is 0 Å². The minimum Gasteiger partial charge on any atom is -0.385 e. The van der Waals surface area contributed by atoms with Gasteiger partial charge in [0.25, 0.3) is 0 Å². The summed E-state index contributed by atoms with van der Waals surface area (Å²) in [6.07, 6.45) is 4.31. The highest BCUT2D eigenvalue weighted by atomic mass is 35.5. The number of halogens is 1. The molecule has 2 aromatic heterocycles. The van der Waals surface area contributed by atoms with Gasteiger partial charge in [-0.1, -0.05) is 11.6 Å². The molecule has 1 aliphatic rings. The fourth-order valence-electron chi connectivity index (χ4n) is 2.11. The van der Waals surface area contributed by atoms with Gasteiger partial charge in [-0.25, -0.2) is 9.97 Å². The van der Waals surface area contributed by atoms with E-state index in [9.17, 15) is 4.79 Å². The number of methoxy groups -OCH3 is 1. The van der Waals surface area contributed by atoms with Crippen LogP contribution >= 0.6 is 22.9 Å². The van der Waals surface area contributed by atoms with Gasteiger partial charge in [-0.3, -0.25) is 0 Å². The van der Waals surface area contributed by atoms with Crippen LogP contribution in [0.5, 0.6) is 0 Å². The SMILES string of the molecule is CCOC.O=CC1CCc2sc3ncnc(Cl)c3c21. The highest BCUT2D eigenvalue weighted by molar-refractivity contribution is 7.19. The van der Waals surface area contributed by atoms with Crippen molar-refractivity contribution in [2.75, 3.05) is 13.7 Å². The summed E-state index contributed by atoms with van der Waals surface area (Å²) in [6, 6.07) is 0. The standard InChI is InChI=1S/C10H7ClN2OS.C3H8O/c11-9-8-7-5(3-14)1-2-6(7)15-10(8)13-4-12-9;1-3-4-2/h3-5H,1-2H2;3H2,1-2H3. The summed E-state index contributed by atoms with van der Waals surface area (Å²) < 4.78 is 4.54. The Labute approximate surface area is 120 Å². The van der Waals surface area contributed by atoms with Gasteiger partial charge >= 0.3 is 0 Å². The molecule has 0 fully saturated rings. The van der Waals surface area contributed by atoms with Crippen LogP contribution in [0.15, 0.2) is 6.33 Å². The van der Waals surface area contributed by atoms with Crippen molar-refractivity contribution in [1.29, 1.82) is 0 Å². The molecule has 0 bridgehead atoms. The van der Waals surface area contributed by atoms with Gasteiger partial charge in [-0.2, -0.15) is 0 Å². The second-order valence-corrected chi connectivity index (χ2v) is 5.58. The zero-order chi connectivity index (χ0) is 13.8. The molecule has 102 valence electrons. The van der Waals surface area contributed by atoms with Gasteiger partial charge < -0.3 is 9.53 Å². The molecular weight excluding hydrogens is 284 g/mol. The maximum Gasteiger partial charge on any atom is 0.141 e. The number of hydrogen-bond donors (Lipinski definition) is 0. The van der Waals surface area contributed by atoms with E-state index in [0.29, 0.717) is 5.15 Å². The maximum atomic E-state index is 10.9. The van der Waals surface area contributed by atoms with Crippen molar-refractivity contribution < 1.29 is 9.53 Å². The van der Waals surface area contributed by atoms with E-state index in [0.717, 1.165) is 41.5 Å². The van der Waals surface area contributed by atoms with Gasteiger partial charge in [0, 0.05) is 24.5 Å². The van der Waals surface area contributed by atoms with Crippen molar-refractivity contribution in [3.05, 3.63) is 21.9 Å². The van der Waals surface area contributed by atoms with Gasteiger partial charge in [-0.15, -0.1) is 11.3 Å². The third-order valence-corrected chi connectivity index (χ3v) is 4.52. The lowest BCUT2D eigenvalue weighted by molar-refractivity contribution is -0.109. The van der Waals surface area contributed by atoms with Crippen LogP contribution in [-0.2, 0) is 16.0 Å². The molecule has 0 spiro atoms. The molecule has 0 aliphatic heterocycles.